The van der Waals surface area contributed by atoms with Crippen LogP contribution < -0.4 is 5.32 Å². The summed E-state index contributed by atoms with van der Waals surface area (Å²) in [7, 11) is 1.88. The third-order valence-electron chi connectivity index (χ3n) is 2.28. The zero-order chi connectivity index (χ0) is 12.8. The normalized spacial score (nSPS) is 10.8. The molecule has 0 amide bonds. The number of likely N-dealkylation sites (N-methyl/N-ethyl adjacent to an activating group) is 1. The second kappa shape index (κ2) is 6.51. The van der Waals surface area contributed by atoms with Crippen LogP contribution in [0.2, 0.25) is 0 Å². The molecule has 0 aliphatic carbocycles. The summed E-state index contributed by atoms with van der Waals surface area (Å²) in [5.41, 5.74) is 0. The van der Waals surface area contributed by atoms with Gasteiger partial charge in [0.1, 0.15) is 5.82 Å². The van der Waals surface area contributed by atoms with E-state index in [-0.39, 0.29) is 5.82 Å². The first kappa shape index (κ1) is 13.0. The van der Waals surface area contributed by atoms with E-state index in [1.165, 1.54) is 12.1 Å². The second-order valence-electron chi connectivity index (χ2n) is 3.70. The Balaban J connectivity index is 1.86. The van der Waals surface area contributed by atoms with Crippen LogP contribution in [0.5, 0.6) is 0 Å². The first-order valence-corrected chi connectivity index (χ1v) is 6.61. The summed E-state index contributed by atoms with van der Waals surface area (Å²) in [6, 6.07) is 6.36. The SMILES string of the molecule is CNCCc1nc(CSc2ccc(F)cc2)no1. The molecule has 0 radical (unpaired) electrons. The maximum absolute atomic E-state index is 12.7. The van der Waals surface area contributed by atoms with E-state index in [0.717, 1.165) is 17.9 Å². The number of hydrogen-bond acceptors (Lipinski definition) is 5. The predicted octanol–water partition coefficient (Wildman–Crippen LogP) is 2.26. The lowest BCUT2D eigenvalue weighted by Crippen LogP contribution is -2.10. The van der Waals surface area contributed by atoms with Gasteiger partial charge in [0.15, 0.2) is 5.82 Å². The third kappa shape index (κ3) is 3.82. The number of nitrogens with one attached hydrogen (secondary N) is 1. The molecule has 1 N–H and O–H groups in total. The summed E-state index contributed by atoms with van der Waals surface area (Å²) in [6.07, 6.45) is 0.727. The van der Waals surface area contributed by atoms with Crippen molar-refractivity contribution in [2.24, 2.45) is 0 Å². The zero-order valence-corrected chi connectivity index (χ0v) is 10.8. The molecule has 0 saturated carbocycles. The maximum atomic E-state index is 12.7. The van der Waals surface area contributed by atoms with Crippen LogP contribution in [0.3, 0.4) is 0 Å². The molecule has 0 atom stereocenters. The highest BCUT2D eigenvalue weighted by Gasteiger charge is 2.06. The van der Waals surface area contributed by atoms with Crippen LogP contribution in [0.1, 0.15) is 11.7 Å². The van der Waals surface area contributed by atoms with Crippen molar-refractivity contribution in [3.8, 4) is 0 Å². The summed E-state index contributed by atoms with van der Waals surface area (Å²) >= 11 is 1.55. The van der Waals surface area contributed by atoms with Crippen molar-refractivity contribution in [3.05, 3.63) is 41.8 Å². The molecule has 0 unspecified atom stereocenters. The van der Waals surface area contributed by atoms with E-state index < -0.39 is 0 Å². The highest BCUT2D eigenvalue weighted by Crippen LogP contribution is 2.21. The van der Waals surface area contributed by atoms with Crippen molar-refractivity contribution < 1.29 is 8.91 Å². The zero-order valence-electron chi connectivity index (χ0n) is 10.0. The van der Waals surface area contributed by atoms with Crippen molar-refractivity contribution in [1.82, 2.24) is 15.5 Å². The minimum absolute atomic E-state index is 0.228. The summed E-state index contributed by atoms with van der Waals surface area (Å²) in [5.74, 6) is 1.69. The molecule has 0 bridgehead atoms. The minimum Gasteiger partial charge on any atom is -0.339 e. The molecule has 1 aromatic carbocycles. The van der Waals surface area contributed by atoms with Gasteiger partial charge in [0.25, 0.3) is 0 Å². The van der Waals surface area contributed by atoms with E-state index >= 15 is 0 Å². The molecular weight excluding hydrogens is 253 g/mol. The van der Waals surface area contributed by atoms with E-state index in [1.807, 2.05) is 7.05 Å². The minimum atomic E-state index is -0.228. The van der Waals surface area contributed by atoms with E-state index in [2.05, 4.69) is 15.5 Å². The van der Waals surface area contributed by atoms with Crippen LogP contribution in [0, 0.1) is 5.82 Å². The largest absolute Gasteiger partial charge is 0.339 e. The number of halogens is 1. The van der Waals surface area contributed by atoms with Crippen molar-refractivity contribution in [2.45, 2.75) is 17.1 Å². The molecule has 1 aromatic heterocycles. The summed E-state index contributed by atoms with van der Waals surface area (Å²) in [5, 5.41) is 6.91. The Labute approximate surface area is 109 Å². The van der Waals surface area contributed by atoms with Crippen LogP contribution in [0.25, 0.3) is 0 Å². The molecule has 0 spiro atoms. The number of hydrogen-bond donors (Lipinski definition) is 1. The smallest absolute Gasteiger partial charge is 0.227 e. The Morgan fingerprint density at radius 1 is 1.33 bits per heavy atom. The standard InChI is InChI=1S/C12H14FN3OS/c1-14-7-6-12-15-11(16-17-12)8-18-10-4-2-9(13)3-5-10/h2-5,14H,6-8H2,1H3. The monoisotopic (exact) mass is 267 g/mol. The van der Waals surface area contributed by atoms with Gasteiger partial charge in [0.05, 0.1) is 5.75 Å². The van der Waals surface area contributed by atoms with Gasteiger partial charge in [0.2, 0.25) is 5.89 Å². The van der Waals surface area contributed by atoms with E-state index in [9.17, 15) is 4.39 Å². The van der Waals surface area contributed by atoms with Gasteiger partial charge in [-0.25, -0.2) is 4.39 Å². The Morgan fingerprint density at radius 2 is 2.11 bits per heavy atom. The van der Waals surface area contributed by atoms with Gasteiger partial charge < -0.3 is 9.84 Å². The molecular formula is C12H14FN3OS. The molecule has 6 heteroatoms. The quantitative estimate of drug-likeness (QED) is 0.814. The van der Waals surface area contributed by atoms with E-state index in [0.29, 0.717) is 17.5 Å². The van der Waals surface area contributed by atoms with Crippen molar-refractivity contribution in [3.63, 3.8) is 0 Å². The molecule has 96 valence electrons. The second-order valence-corrected chi connectivity index (χ2v) is 4.75. The van der Waals surface area contributed by atoms with Gasteiger partial charge in [-0.15, -0.1) is 11.8 Å². The van der Waals surface area contributed by atoms with Crippen molar-refractivity contribution in [2.75, 3.05) is 13.6 Å². The van der Waals surface area contributed by atoms with Gasteiger partial charge in [0, 0.05) is 17.9 Å². The third-order valence-corrected chi connectivity index (χ3v) is 3.29. The summed E-state index contributed by atoms with van der Waals surface area (Å²) in [4.78, 5) is 5.25. The van der Waals surface area contributed by atoms with Crippen LogP contribution in [-0.2, 0) is 12.2 Å². The lowest BCUT2D eigenvalue weighted by atomic mass is 10.4. The average Bonchev–Trinajstić information content (AvgIpc) is 2.84. The number of rotatable bonds is 6. The maximum Gasteiger partial charge on any atom is 0.227 e. The number of thioether (sulfide) groups is 1. The van der Waals surface area contributed by atoms with Crippen LogP contribution in [0.4, 0.5) is 4.39 Å². The first-order valence-electron chi connectivity index (χ1n) is 5.62. The Kier molecular flexibility index (Phi) is 4.72. The van der Waals surface area contributed by atoms with Gasteiger partial charge in [-0.05, 0) is 31.3 Å². The molecule has 2 aromatic rings. The van der Waals surface area contributed by atoms with E-state index in [4.69, 9.17) is 4.52 Å². The molecule has 0 aliphatic heterocycles. The molecule has 18 heavy (non-hydrogen) atoms. The van der Waals surface area contributed by atoms with Crippen molar-refractivity contribution >= 4 is 11.8 Å². The highest BCUT2D eigenvalue weighted by atomic mass is 32.2. The average molecular weight is 267 g/mol. The molecule has 4 nitrogen and oxygen atoms in total. The lowest BCUT2D eigenvalue weighted by molar-refractivity contribution is 0.373. The van der Waals surface area contributed by atoms with Crippen LogP contribution in [0.15, 0.2) is 33.7 Å². The van der Waals surface area contributed by atoms with Gasteiger partial charge >= 0.3 is 0 Å². The fourth-order valence-corrected chi connectivity index (χ4v) is 2.10. The summed E-state index contributed by atoms with van der Waals surface area (Å²) in [6.45, 7) is 0.812. The fraction of sp³-hybridized carbons (Fsp3) is 0.333. The molecule has 2 rings (SSSR count). The molecule has 0 fully saturated rings. The predicted molar refractivity (Wildman–Crippen MR) is 67.9 cm³/mol. The first-order chi connectivity index (χ1) is 8.78. The Hall–Kier alpha value is -1.40. The van der Waals surface area contributed by atoms with Crippen molar-refractivity contribution in [1.29, 1.82) is 0 Å². The highest BCUT2D eigenvalue weighted by molar-refractivity contribution is 7.98. The van der Waals surface area contributed by atoms with Gasteiger partial charge in [-0.2, -0.15) is 4.98 Å². The number of benzene rings is 1. The van der Waals surface area contributed by atoms with Crippen LogP contribution in [-0.4, -0.2) is 23.7 Å². The molecule has 1 heterocycles. The van der Waals surface area contributed by atoms with Gasteiger partial charge in [-0.1, -0.05) is 5.16 Å². The van der Waals surface area contributed by atoms with E-state index in [1.54, 1.807) is 23.9 Å². The topological polar surface area (TPSA) is 51.0 Å². The molecule has 0 saturated heterocycles. The summed E-state index contributed by atoms with van der Waals surface area (Å²) < 4.78 is 17.8. The number of aromatic nitrogens is 2. The number of nitrogens with zero attached hydrogens (tertiary/aromatic N) is 2. The van der Waals surface area contributed by atoms with Gasteiger partial charge in [-0.3, -0.25) is 0 Å². The fourth-order valence-electron chi connectivity index (χ4n) is 1.36. The Bertz CT molecular complexity index is 486. The molecule has 0 aliphatic rings. The Morgan fingerprint density at radius 3 is 2.83 bits per heavy atom. The lowest BCUT2D eigenvalue weighted by Gasteiger charge is -1.97. The van der Waals surface area contributed by atoms with Crippen LogP contribution >= 0.6 is 11.8 Å².